The van der Waals surface area contributed by atoms with E-state index >= 15 is 0 Å². The molecule has 0 saturated carbocycles. The van der Waals surface area contributed by atoms with Gasteiger partial charge in [0.1, 0.15) is 0 Å². The average molecular weight is 308 g/mol. The molecule has 6 nitrogen and oxygen atoms in total. The Balaban J connectivity index is 1.93. The van der Waals surface area contributed by atoms with Gasteiger partial charge in [0.15, 0.2) is 11.5 Å². The molecular weight excluding hydrogens is 292 g/mol. The molecule has 6 heteroatoms. The van der Waals surface area contributed by atoms with Crippen LogP contribution in [0.4, 0.5) is 0 Å². The number of nitrogens with zero attached hydrogens (tertiary/aromatic N) is 4. The monoisotopic (exact) mass is 308 g/mol. The van der Waals surface area contributed by atoms with Gasteiger partial charge in [-0.05, 0) is 47.2 Å². The summed E-state index contributed by atoms with van der Waals surface area (Å²) in [5.74, 6) is 1.16. The molecule has 3 rings (SSSR count). The number of ether oxygens (including phenoxy) is 2. The third-order valence-electron chi connectivity index (χ3n) is 3.19. The number of hydrogen-bond donors (Lipinski definition) is 0. The van der Waals surface area contributed by atoms with Gasteiger partial charge in [-0.1, -0.05) is 41.5 Å². The summed E-state index contributed by atoms with van der Waals surface area (Å²) in [5, 5.41) is 11.6. The first-order valence-electron chi connectivity index (χ1n) is 7.14. The summed E-state index contributed by atoms with van der Waals surface area (Å²) in [6.07, 6.45) is 3.95. The van der Waals surface area contributed by atoms with E-state index in [-0.39, 0.29) is 6.01 Å². The molecule has 0 fully saturated rings. The van der Waals surface area contributed by atoms with Crippen LogP contribution in [0.3, 0.4) is 0 Å². The molecule has 0 unspecified atom stereocenters. The third kappa shape index (κ3) is 3.21. The lowest BCUT2D eigenvalue weighted by Gasteiger charge is -2.10. The number of rotatable bonds is 5. The molecule has 0 aliphatic heterocycles. The van der Waals surface area contributed by atoms with E-state index in [0.717, 1.165) is 11.3 Å². The molecule has 0 bridgehead atoms. The summed E-state index contributed by atoms with van der Waals surface area (Å²) in [4.78, 5) is 0. The molecule has 23 heavy (non-hydrogen) atoms. The van der Waals surface area contributed by atoms with Gasteiger partial charge in [-0.25, -0.2) is 0 Å². The summed E-state index contributed by atoms with van der Waals surface area (Å²) in [6.45, 7) is 1.96. The molecule has 3 aromatic rings. The Hall–Kier alpha value is -3.15. The number of benzene rings is 2. The van der Waals surface area contributed by atoms with Crippen molar-refractivity contribution in [2.45, 2.75) is 6.92 Å². The molecule has 2 aromatic carbocycles. The zero-order valence-corrected chi connectivity index (χ0v) is 12.9. The van der Waals surface area contributed by atoms with Crippen molar-refractivity contribution in [3.63, 3.8) is 0 Å². The fourth-order valence-electron chi connectivity index (χ4n) is 2.14. The minimum absolute atomic E-state index is 0.272. The molecule has 0 saturated heterocycles. The largest absolute Gasteiger partial charge is 0.493 e. The van der Waals surface area contributed by atoms with Gasteiger partial charge in [0.2, 0.25) is 0 Å². The molecule has 0 aliphatic rings. The maximum atomic E-state index is 5.84. The molecule has 0 amide bonds. The number of methoxy groups -OCH3 is 1. The molecule has 0 N–H and O–H groups in total. The van der Waals surface area contributed by atoms with Gasteiger partial charge in [-0.2, -0.15) is 4.68 Å². The lowest BCUT2D eigenvalue weighted by atomic mass is 10.2. The van der Waals surface area contributed by atoms with Crippen molar-refractivity contribution in [3.05, 3.63) is 60.2 Å². The van der Waals surface area contributed by atoms with E-state index in [1.807, 2.05) is 67.6 Å². The predicted octanol–water partition coefficient (Wildman–Crippen LogP) is 3.50. The topological polar surface area (TPSA) is 62.1 Å². The van der Waals surface area contributed by atoms with E-state index in [2.05, 4.69) is 15.5 Å². The summed E-state index contributed by atoms with van der Waals surface area (Å²) >= 11 is 0. The zero-order valence-electron chi connectivity index (χ0n) is 12.9. The van der Waals surface area contributed by atoms with Crippen LogP contribution in [0.25, 0.3) is 11.8 Å². The molecule has 0 spiro atoms. The zero-order chi connectivity index (χ0) is 16.1. The first kappa shape index (κ1) is 14.8. The lowest BCUT2D eigenvalue weighted by molar-refractivity contribution is 0.363. The maximum Gasteiger partial charge on any atom is 0.346 e. The fourth-order valence-corrected chi connectivity index (χ4v) is 2.14. The van der Waals surface area contributed by atoms with Gasteiger partial charge < -0.3 is 9.47 Å². The minimum Gasteiger partial charge on any atom is -0.493 e. The summed E-state index contributed by atoms with van der Waals surface area (Å²) in [5.41, 5.74) is 1.84. The van der Waals surface area contributed by atoms with E-state index in [9.17, 15) is 0 Å². The molecule has 0 aliphatic carbocycles. The smallest absolute Gasteiger partial charge is 0.346 e. The van der Waals surface area contributed by atoms with Gasteiger partial charge in [-0.3, -0.25) is 0 Å². The average Bonchev–Trinajstić information content (AvgIpc) is 3.05. The van der Waals surface area contributed by atoms with Crippen LogP contribution in [-0.4, -0.2) is 27.3 Å². The molecule has 0 atom stereocenters. The van der Waals surface area contributed by atoms with Crippen molar-refractivity contribution in [1.82, 2.24) is 20.2 Å². The highest BCUT2D eigenvalue weighted by atomic mass is 16.5. The van der Waals surface area contributed by atoms with E-state index in [0.29, 0.717) is 11.5 Å². The van der Waals surface area contributed by atoms with Crippen molar-refractivity contribution >= 4 is 6.08 Å². The Kier molecular flexibility index (Phi) is 4.33. The number of para-hydroxylation sites is 1. The van der Waals surface area contributed by atoms with Crippen molar-refractivity contribution in [2.75, 3.05) is 7.11 Å². The number of allylic oxidation sites excluding steroid dienone is 1. The summed E-state index contributed by atoms with van der Waals surface area (Å²) in [7, 11) is 1.60. The Morgan fingerprint density at radius 3 is 2.61 bits per heavy atom. The van der Waals surface area contributed by atoms with Crippen LogP contribution in [0.15, 0.2) is 54.6 Å². The van der Waals surface area contributed by atoms with E-state index < -0.39 is 0 Å². The number of aromatic nitrogens is 4. The normalized spacial score (nSPS) is 10.9. The standard InChI is InChI=1S/C17H16N4O2/c1-3-7-13-10-11-15(16(12-13)22-2)23-17-18-19-20-21(17)14-8-5-4-6-9-14/h3-12H,1-2H3/b7-3+. The molecule has 1 heterocycles. The predicted molar refractivity (Wildman–Crippen MR) is 86.9 cm³/mol. The van der Waals surface area contributed by atoms with Gasteiger partial charge in [0.05, 0.1) is 12.8 Å². The van der Waals surface area contributed by atoms with Crippen molar-refractivity contribution < 1.29 is 9.47 Å². The minimum atomic E-state index is 0.272. The van der Waals surface area contributed by atoms with Gasteiger partial charge in [0.25, 0.3) is 0 Å². The van der Waals surface area contributed by atoms with Crippen LogP contribution in [0.2, 0.25) is 0 Å². The second-order valence-corrected chi connectivity index (χ2v) is 4.72. The third-order valence-corrected chi connectivity index (χ3v) is 3.19. The highest BCUT2D eigenvalue weighted by molar-refractivity contribution is 5.56. The van der Waals surface area contributed by atoms with Crippen LogP contribution in [0, 0.1) is 0 Å². The van der Waals surface area contributed by atoms with Gasteiger partial charge in [0, 0.05) is 0 Å². The van der Waals surface area contributed by atoms with Crippen LogP contribution >= 0.6 is 0 Å². The molecule has 1 aromatic heterocycles. The van der Waals surface area contributed by atoms with Crippen molar-refractivity contribution in [1.29, 1.82) is 0 Å². The fraction of sp³-hybridized carbons (Fsp3) is 0.118. The van der Waals surface area contributed by atoms with E-state index in [1.54, 1.807) is 7.11 Å². The summed E-state index contributed by atoms with van der Waals surface area (Å²) in [6, 6.07) is 15.5. The van der Waals surface area contributed by atoms with Crippen molar-refractivity contribution in [3.8, 4) is 23.2 Å². The van der Waals surface area contributed by atoms with E-state index in [1.165, 1.54) is 4.68 Å². The Morgan fingerprint density at radius 1 is 1.04 bits per heavy atom. The SMILES string of the molecule is C/C=C/c1ccc(Oc2nnnn2-c2ccccc2)c(OC)c1. The van der Waals surface area contributed by atoms with Crippen LogP contribution in [0.1, 0.15) is 12.5 Å². The summed E-state index contributed by atoms with van der Waals surface area (Å²) < 4.78 is 12.8. The quantitative estimate of drug-likeness (QED) is 0.722. The van der Waals surface area contributed by atoms with Crippen LogP contribution < -0.4 is 9.47 Å². The Bertz CT molecular complexity index is 812. The maximum absolute atomic E-state index is 5.84. The Morgan fingerprint density at radius 2 is 1.87 bits per heavy atom. The molecule has 0 radical (unpaired) electrons. The number of hydrogen-bond acceptors (Lipinski definition) is 5. The van der Waals surface area contributed by atoms with Crippen molar-refractivity contribution in [2.24, 2.45) is 0 Å². The second-order valence-electron chi connectivity index (χ2n) is 4.72. The van der Waals surface area contributed by atoms with E-state index in [4.69, 9.17) is 9.47 Å². The highest BCUT2D eigenvalue weighted by Gasteiger charge is 2.13. The second kappa shape index (κ2) is 6.74. The molecular formula is C17H16N4O2. The molecule has 116 valence electrons. The van der Waals surface area contributed by atoms with Crippen LogP contribution in [-0.2, 0) is 0 Å². The lowest BCUT2D eigenvalue weighted by Crippen LogP contribution is -2.01. The first-order valence-corrected chi connectivity index (χ1v) is 7.14. The first-order chi connectivity index (χ1) is 11.3. The Labute approximate surface area is 134 Å². The van der Waals surface area contributed by atoms with Crippen LogP contribution in [0.5, 0.6) is 17.5 Å². The highest BCUT2D eigenvalue weighted by Crippen LogP contribution is 2.32. The van der Waals surface area contributed by atoms with Gasteiger partial charge >= 0.3 is 6.01 Å². The van der Waals surface area contributed by atoms with Gasteiger partial charge in [-0.15, -0.1) is 0 Å². The number of tetrazole rings is 1.